The quantitative estimate of drug-likeness (QED) is 0.447. The van der Waals surface area contributed by atoms with Crippen LogP contribution in [0.1, 0.15) is 92.9 Å². The van der Waals surface area contributed by atoms with Crippen LogP contribution in [-0.2, 0) is 4.79 Å². The van der Waals surface area contributed by atoms with Gasteiger partial charge >= 0.3 is 0 Å². The topological polar surface area (TPSA) is 17.1 Å². The molecule has 0 spiro atoms. The summed E-state index contributed by atoms with van der Waals surface area (Å²) < 4.78 is 0. The normalized spacial score (nSPS) is 44.2. The van der Waals surface area contributed by atoms with Gasteiger partial charge in [0.25, 0.3) is 0 Å². The fourth-order valence-corrected chi connectivity index (χ4v) is 7.91. The van der Waals surface area contributed by atoms with Crippen molar-refractivity contribution in [1.82, 2.24) is 0 Å². The molecule has 8 atom stereocenters. The number of allylic oxidation sites excluding steroid dienone is 4. The second kappa shape index (κ2) is 7.69. The lowest BCUT2D eigenvalue weighted by molar-refractivity contribution is -0.127. The van der Waals surface area contributed by atoms with E-state index in [1.165, 1.54) is 25.7 Å². The van der Waals surface area contributed by atoms with Gasteiger partial charge in [0.15, 0.2) is 0 Å². The molecule has 0 aromatic heterocycles. The van der Waals surface area contributed by atoms with Gasteiger partial charge in [-0.15, -0.1) is 0 Å². The Labute approximate surface area is 179 Å². The van der Waals surface area contributed by atoms with E-state index >= 15 is 0 Å². The highest BCUT2D eigenvalue weighted by molar-refractivity contribution is 5.79. The molecule has 1 heteroatoms. The maximum atomic E-state index is 12.1. The number of rotatable bonds is 4. The minimum absolute atomic E-state index is 0.385. The third-order valence-electron chi connectivity index (χ3n) is 10.4. The van der Waals surface area contributed by atoms with Gasteiger partial charge in [0.1, 0.15) is 5.78 Å². The van der Waals surface area contributed by atoms with Crippen molar-refractivity contribution >= 4 is 5.78 Å². The average molecular weight is 397 g/mol. The van der Waals surface area contributed by atoms with E-state index in [-0.39, 0.29) is 0 Å². The highest BCUT2D eigenvalue weighted by Gasteiger charge is 2.57. The number of carbonyl (C=O) groups is 1. The first-order valence-electron chi connectivity index (χ1n) is 12.6. The van der Waals surface area contributed by atoms with Crippen molar-refractivity contribution < 1.29 is 4.79 Å². The largest absolute Gasteiger partial charge is 0.300 e. The first-order valence-corrected chi connectivity index (χ1v) is 12.6. The van der Waals surface area contributed by atoms with E-state index in [9.17, 15) is 4.79 Å². The molecular formula is C28H44O. The molecular weight excluding hydrogens is 352 g/mol. The van der Waals surface area contributed by atoms with Crippen LogP contribution in [0.5, 0.6) is 0 Å². The van der Waals surface area contributed by atoms with Crippen LogP contribution in [0.4, 0.5) is 0 Å². The number of ketones is 1. The standard InChI is InChI=1S/C28H44O/c1-18(2)19(3)7-8-20(4)24-11-12-25-23-10-9-21-17-22(29)13-15-27(21,5)26(23)14-16-28(24,25)6/h7-8,10,18-21,24-26H,9,11-17H2,1-6H3/b8-7+/t19-,20+,21+,24-,25+,26-,27+,28-/m0/s1. The molecule has 4 rings (SSSR count). The van der Waals surface area contributed by atoms with Crippen LogP contribution >= 0.6 is 0 Å². The Bertz CT molecular complexity index is 699. The monoisotopic (exact) mass is 396 g/mol. The molecule has 0 aliphatic heterocycles. The summed E-state index contributed by atoms with van der Waals surface area (Å²) in [6.45, 7) is 14.7. The molecule has 1 nitrogen and oxygen atoms in total. The SMILES string of the molecule is CC(C)[C@@H](C)/C=C/[C@@H](C)[C@@H]1CC[C@@H]2C3=CC[C@@H]4CC(=O)CC[C@@]4(C)[C@H]3CC[C@]21C. The van der Waals surface area contributed by atoms with Crippen molar-refractivity contribution in [3.05, 3.63) is 23.8 Å². The third-order valence-corrected chi connectivity index (χ3v) is 10.4. The van der Waals surface area contributed by atoms with Crippen LogP contribution in [0.25, 0.3) is 0 Å². The van der Waals surface area contributed by atoms with Gasteiger partial charge in [-0.3, -0.25) is 4.79 Å². The molecule has 0 unspecified atom stereocenters. The number of Topliss-reactive ketones (excluding diaryl/α,β-unsaturated/α-hetero) is 1. The van der Waals surface area contributed by atoms with Crippen LogP contribution in [-0.4, -0.2) is 5.78 Å². The lowest BCUT2D eigenvalue weighted by Gasteiger charge is -2.57. The predicted octanol–water partition coefficient (Wildman–Crippen LogP) is 7.62. The molecule has 29 heavy (non-hydrogen) atoms. The van der Waals surface area contributed by atoms with Crippen LogP contribution in [0.3, 0.4) is 0 Å². The van der Waals surface area contributed by atoms with Gasteiger partial charge in [0.05, 0.1) is 0 Å². The Morgan fingerprint density at radius 3 is 2.41 bits per heavy atom. The molecule has 4 aliphatic carbocycles. The van der Waals surface area contributed by atoms with Crippen molar-refractivity contribution in [3.63, 3.8) is 0 Å². The minimum Gasteiger partial charge on any atom is -0.300 e. The summed E-state index contributed by atoms with van der Waals surface area (Å²) in [5.41, 5.74) is 2.68. The third kappa shape index (κ3) is 3.49. The van der Waals surface area contributed by atoms with Crippen molar-refractivity contribution in [3.8, 4) is 0 Å². The highest BCUT2D eigenvalue weighted by atomic mass is 16.1. The fraction of sp³-hybridized carbons (Fsp3) is 0.821. The van der Waals surface area contributed by atoms with Crippen LogP contribution < -0.4 is 0 Å². The Kier molecular flexibility index (Phi) is 5.67. The first kappa shape index (κ1) is 21.4. The number of fused-ring (bicyclic) bond motifs is 5. The smallest absolute Gasteiger partial charge is 0.133 e. The molecule has 0 radical (unpaired) electrons. The summed E-state index contributed by atoms with van der Waals surface area (Å²) in [7, 11) is 0. The van der Waals surface area contributed by atoms with E-state index in [0.717, 1.165) is 49.4 Å². The molecule has 0 saturated heterocycles. The van der Waals surface area contributed by atoms with Crippen LogP contribution in [0.2, 0.25) is 0 Å². The molecule has 0 aromatic carbocycles. The van der Waals surface area contributed by atoms with Gasteiger partial charge in [0, 0.05) is 12.8 Å². The summed E-state index contributed by atoms with van der Waals surface area (Å²) in [4.78, 5) is 12.1. The minimum atomic E-state index is 0.385. The number of carbonyl (C=O) groups excluding carboxylic acids is 1. The molecule has 0 amide bonds. The second-order valence-corrected chi connectivity index (χ2v) is 12.1. The summed E-state index contributed by atoms with van der Waals surface area (Å²) in [5.74, 6) is 5.57. The number of hydrogen-bond donors (Lipinski definition) is 0. The molecule has 0 N–H and O–H groups in total. The lowest BCUT2D eigenvalue weighted by Crippen LogP contribution is -2.49. The average Bonchev–Trinajstić information content (AvgIpc) is 3.03. The molecule has 3 fully saturated rings. The Morgan fingerprint density at radius 1 is 0.966 bits per heavy atom. The summed E-state index contributed by atoms with van der Waals surface area (Å²) in [6.07, 6.45) is 17.2. The van der Waals surface area contributed by atoms with Crippen LogP contribution in [0.15, 0.2) is 23.8 Å². The van der Waals surface area contributed by atoms with Crippen molar-refractivity contribution in [2.75, 3.05) is 0 Å². The summed E-state index contributed by atoms with van der Waals surface area (Å²) in [6, 6.07) is 0. The van der Waals surface area contributed by atoms with Gasteiger partial charge in [-0.25, -0.2) is 0 Å². The van der Waals surface area contributed by atoms with Gasteiger partial charge in [-0.1, -0.05) is 65.3 Å². The van der Waals surface area contributed by atoms with E-state index in [4.69, 9.17) is 0 Å². The molecule has 0 heterocycles. The van der Waals surface area contributed by atoms with E-state index in [0.29, 0.717) is 34.4 Å². The fourth-order valence-electron chi connectivity index (χ4n) is 7.91. The molecule has 162 valence electrons. The molecule has 3 saturated carbocycles. The number of hydrogen-bond acceptors (Lipinski definition) is 1. The zero-order valence-corrected chi connectivity index (χ0v) is 19.8. The van der Waals surface area contributed by atoms with E-state index < -0.39 is 0 Å². The molecule has 4 aliphatic rings. The van der Waals surface area contributed by atoms with E-state index in [1.54, 1.807) is 0 Å². The molecule has 0 aromatic rings. The van der Waals surface area contributed by atoms with E-state index in [2.05, 4.69) is 59.8 Å². The van der Waals surface area contributed by atoms with Gasteiger partial charge in [-0.05, 0) is 90.8 Å². The Hall–Kier alpha value is -0.850. The maximum Gasteiger partial charge on any atom is 0.133 e. The van der Waals surface area contributed by atoms with Gasteiger partial charge in [-0.2, -0.15) is 0 Å². The summed E-state index contributed by atoms with van der Waals surface area (Å²) >= 11 is 0. The van der Waals surface area contributed by atoms with Crippen molar-refractivity contribution in [2.24, 2.45) is 52.3 Å². The van der Waals surface area contributed by atoms with Crippen LogP contribution in [0, 0.1) is 52.3 Å². The van der Waals surface area contributed by atoms with Gasteiger partial charge < -0.3 is 0 Å². The highest BCUT2D eigenvalue weighted by Crippen LogP contribution is 2.66. The lowest BCUT2D eigenvalue weighted by atomic mass is 9.48. The van der Waals surface area contributed by atoms with E-state index in [1.807, 2.05) is 5.57 Å². The summed E-state index contributed by atoms with van der Waals surface area (Å²) in [5, 5.41) is 0. The van der Waals surface area contributed by atoms with Gasteiger partial charge in [0.2, 0.25) is 0 Å². The first-order chi connectivity index (χ1) is 13.7. The molecule has 0 bridgehead atoms. The zero-order valence-electron chi connectivity index (χ0n) is 19.8. The Morgan fingerprint density at radius 2 is 1.69 bits per heavy atom. The maximum absolute atomic E-state index is 12.1. The van der Waals surface area contributed by atoms with Crippen molar-refractivity contribution in [1.29, 1.82) is 0 Å². The van der Waals surface area contributed by atoms with Crippen molar-refractivity contribution in [2.45, 2.75) is 92.9 Å². The Balaban J connectivity index is 1.55. The zero-order chi connectivity index (χ0) is 21.0. The second-order valence-electron chi connectivity index (χ2n) is 12.1. The predicted molar refractivity (Wildman–Crippen MR) is 123 cm³/mol.